The second kappa shape index (κ2) is 7.03. The third-order valence-electron chi connectivity index (χ3n) is 4.51. The number of carbonyl (C=O) groups excluding carboxylic acids is 1. The maximum atomic E-state index is 12.7. The van der Waals surface area contributed by atoms with E-state index in [2.05, 4.69) is 14.8 Å². The lowest BCUT2D eigenvalue weighted by molar-refractivity contribution is -0.130. The number of hydrogen-bond donors (Lipinski definition) is 0. The lowest BCUT2D eigenvalue weighted by atomic mass is 10.2. The Balaban J connectivity index is 1.64. The maximum Gasteiger partial charge on any atom is 0.233 e. The molecule has 1 saturated carbocycles. The van der Waals surface area contributed by atoms with Gasteiger partial charge in [-0.05, 0) is 32.6 Å². The van der Waals surface area contributed by atoms with Crippen LogP contribution in [0.1, 0.15) is 44.5 Å². The van der Waals surface area contributed by atoms with E-state index in [9.17, 15) is 13.2 Å². The second-order valence-electron chi connectivity index (χ2n) is 6.56. The zero-order valence-corrected chi connectivity index (χ0v) is 15.8. The van der Waals surface area contributed by atoms with E-state index in [0.717, 1.165) is 30.2 Å². The minimum absolute atomic E-state index is 0.00745. The average Bonchev–Trinajstić information content (AvgIpc) is 3.20. The van der Waals surface area contributed by atoms with Crippen molar-refractivity contribution in [3.8, 4) is 0 Å². The summed E-state index contributed by atoms with van der Waals surface area (Å²) in [5, 5.41) is 9.10. The summed E-state index contributed by atoms with van der Waals surface area (Å²) in [4.78, 5) is 14.4. The first kappa shape index (κ1) is 17.7. The van der Waals surface area contributed by atoms with Gasteiger partial charge in [-0.3, -0.25) is 4.79 Å². The van der Waals surface area contributed by atoms with Crippen molar-refractivity contribution in [2.45, 2.75) is 56.8 Å². The average molecular weight is 373 g/mol. The van der Waals surface area contributed by atoms with E-state index in [1.165, 1.54) is 11.8 Å². The normalized spacial score (nSPS) is 22.7. The predicted molar refractivity (Wildman–Crippen MR) is 92.8 cm³/mol. The molecule has 1 aromatic rings. The number of rotatable bonds is 7. The highest BCUT2D eigenvalue weighted by molar-refractivity contribution is 7.99. The highest BCUT2D eigenvalue weighted by Gasteiger charge is 2.34. The van der Waals surface area contributed by atoms with Gasteiger partial charge in [0.05, 0.1) is 17.3 Å². The first-order valence-electron chi connectivity index (χ1n) is 8.45. The van der Waals surface area contributed by atoms with Crippen molar-refractivity contribution in [3.05, 3.63) is 5.82 Å². The summed E-state index contributed by atoms with van der Waals surface area (Å²) in [5.74, 6) is 1.45. The minimum atomic E-state index is -2.99. The van der Waals surface area contributed by atoms with Gasteiger partial charge in [0.2, 0.25) is 5.91 Å². The van der Waals surface area contributed by atoms with Gasteiger partial charge in [-0.15, -0.1) is 10.2 Å². The van der Waals surface area contributed by atoms with Crippen molar-refractivity contribution in [3.63, 3.8) is 0 Å². The van der Waals surface area contributed by atoms with Gasteiger partial charge in [-0.1, -0.05) is 18.7 Å². The molecule has 2 fully saturated rings. The molecule has 2 heterocycles. The Morgan fingerprint density at radius 1 is 1.33 bits per heavy atom. The van der Waals surface area contributed by atoms with E-state index in [1.807, 2.05) is 13.8 Å². The van der Waals surface area contributed by atoms with Crippen molar-refractivity contribution in [2.24, 2.45) is 0 Å². The molecule has 1 saturated heterocycles. The zero-order valence-electron chi connectivity index (χ0n) is 14.1. The number of nitrogens with zero attached hydrogens (tertiary/aromatic N) is 4. The van der Waals surface area contributed by atoms with Gasteiger partial charge in [0, 0.05) is 18.6 Å². The van der Waals surface area contributed by atoms with Crippen LogP contribution in [-0.4, -0.2) is 63.8 Å². The van der Waals surface area contributed by atoms with Crippen LogP contribution < -0.4 is 0 Å². The first-order valence-corrected chi connectivity index (χ1v) is 11.3. The molecule has 1 aliphatic heterocycles. The minimum Gasteiger partial charge on any atom is -0.338 e. The third kappa shape index (κ3) is 3.93. The zero-order chi connectivity index (χ0) is 17.3. The van der Waals surface area contributed by atoms with Crippen LogP contribution in [0.3, 0.4) is 0 Å². The molecule has 1 aliphatic carbocycles. The summed E-state index contributed by atoms with van der Waals surface area (Å²) in [6, 6.07) is 0.301. The van der Waals surface area contributed by atoms with Gasteiger partial charge in [0.25, 0.3) is 0 Å². The fourth-order valence-corrected chi connectivity index (χ4v) is 5.85. The summed E-state index contributed by atoms with van der Waals surface area (Å²) in [6.07, 6.45) is 3.66. The smallest absolute Gasteiger partial charge is 0.233 e. The molecule has 1 atom stereocenters. The first-order chi connectivity index (χ1) is 11.4. The van der Waals surface area contributed by atoms with Crippen molar-refractivity contribution < 1.29 is 13.2 Å². The fourth-order valence-electron chi connectivity index (χ4n) is 3.18. The fraction of sp³-hybridized carbons (Fsp3) is 0.800. The van der Waals surface area contributed by atoms with E-state index in [0.29, 0.717) is 19.0 Å². The molecule has 2 aliphatic rings. The molecule has 1 amide bonds. The number of aromatic nitrogens is 3. The van der Waals surface area contributed by atoms with E-state index in [1.54, 1.807) is 4.90 Å². The molecule has 0 N–H and O–H groups in total. The van der Waals surface area contributed by atoms with Gasteiger partial charge >= 0.3 is 0 Å². The molecular formula is C15H24N4O3S2. The predicted octanol–water partition coefficient (Wildman–Crippen LogP) is 1.44. The molecule has 24 heavy (non-hydrogen) atoms. The molecule has 1 aromatic heterocycles. The van der Waals surface area contributed by atoms with Gasteiger partial charge in [0.15, 0.2) is 15.0 Å². The Morgan fingerprint density at radius 3 is 2.67 bits per heavy atom. The van der Waals surface area contributed by atoms with Crippen molar-refractivity contribution in [2.75, 3.05) is 23.8 Å². The van der Waals surface area contributed by atoms with Crippen LogP contribution >= 0.6 is 11.8 Å². The monoisotopic (exact) mass is 372 g/mol. The molecule has 134 valence electrons. The summed E-state index contributed by atoms with van der Waals surface area (Å²) in [6.45, 7) is 4.54. The number of amides is 1. The van der Waals surface area contributed by atoms with Crippen LogP contribution in [0, 0.1) is 6.92 Å². The Bertz CT molecular complexity index is 712. The molecule has 7 nitrogen and oxygen atoms in total. The Hall–Kier alpha value is -1.09. The van der Waals surface area contributed by atoms with Crippen molar-refractivity contribution in [1.29, 1.82) is 0 Å². The lowest BCUT2D eigenvalue weighted by Crippen LogP contribution is -2.42. The van der Waals surface area contributed by atoms with Crippen LogP contribution in [0.4, 0.5) is 0 Å². The van der Waals surface area contributed by atoms with Gasteiger partial charge < -0.3 is 9.47 Å². The topological polar surface area (TPSA) is 85.2 Å². The number of thioether (sulfide) groups is 1. The number of aryl methyl sites for hydroxylation is 1. The van der Waals surface area contributed by atoms with Crippen molar-refractivity contribution in [1.82, 2.24) is 19.7 Å². The van der Waals surface area contributed by atoms with E-state index >= 15 is 0 Å². The maximum absolute atomic E-state index is 12.7. The number of hydrogen-bond acceptors (Lipinski definition) is 6. The third-order valence-corrected chi connectivity index (χ3v) is 7.18. The van der Waals surface area contributed by atoms with Crippen LogP contribution in [0.15, 0.2) is 5.16 Å². The molecule has 0 radical (unpaired) electrons. The van der Waals surface area contributed by atoms with Crippen LogP contribution in [-0.2, 0) is 14.6 Å². The molecule has 9 heteroatoms. The molecule has 0 spiro atoms. The van der Waals surface area contributed by atoms with Crippen LogP contribution in [0.5, 0.6) is 0 Å². The highest BCUT2D eigenvalue weighted by atomic mass is 32.2. The summed E-state index contributed by atoms with van der Waals surface area (Å²) < 4.78 is 25.5. The quantitative estimate of drug-likeness (QED) is 0.673. The summed E-state index contributed by atoms with van der Waals surface area (Å²) in [7, 11) is -2.99. The summed E-state index contributed by atoms with van der Waals surface area (Å²) in [5.41, 5.74) is 0. The van der Waals surface area contributed by atoms with Gasteiger partial charge in [-0.2, -0.15) is 0 Å². The molecule has 0 aromatic carbocycles. The lowest BCUT2D eigenvalue weighted by Gasteiger charge is -2.27. The Kier molecular flexibility index (Phi) is 5.19. The van der Waals surface area contributed by atoms with E-state index in [-0.39, 0.29) is 29.2 Å². The second-order valence-corrected chi connectivity index (χ2v) is 9.73. The standard InChI is InChI=1S/C15H24N4O3S2/c1-3-7-18(13-6-8-24(21,22)10-13)14(20)9-23-15-17-16-11(2)19(15)12-4-5-12/h12-13H,3-10H2,1-2H3/t13-/m0/s1. The highest BCUT2D eigenvalue weighted by Crippen LogP contribution is 2.38. The van der Waals surface area contributed by atoms with Gasteiger partial charge in [-0.25, -0.2) is 8.42 Å². The van der Waals surface area contributed by atoms with Crippen LogP contribution in [0.25, 0.3) is 0 Å². The summed E-state index contributed by atoms with van der Waals surface area (Å²) >= 11 is 1.41. The van der Waals surface area contributed by atoms with Crippen molar-refractivity contribution >= 4 is 27.5 Å². The number of carbonyl (C=O) groups is 1. The largest absolute Gasteiger partial charge is 0.338 e. The van der Waals surface area contributed by atoms with Crippen LogP contribution in [0.2, 0.25) is 0 Å². The van der Waals surface area contributed by atoms with Gasteiger partial charge in [0.1, 0.15) is 5.82 Å². The molecule has 0 bridgehead atoms. The molecule has 0 unspecified atom stereocenters. The molecular weight excluding hydrogens is 348 g/mol. The van der Waals surface area contributed by atoms with E-state index in [4.69, 9.17) is 0 Å². The number of sulfone groups is 1. The van der Waals surface area contributed by atoms with E-state index < -0.39 is 9.84 Å². The SMILES string of the molecule is CCCN(C(=O)CSc1nnc(C)n1C1CC1)[C@H]1CCS(=O)(=O)C1. The molecule has 3 rings (SSSR count). The Morgan fingerprint density at radius 2 is 2.08 bits per heavy atom. The Labute approximate surface area is 147 Å².